The van der Waals surface area contributed by atoms with E-state index in [0.29, 0.717) is 18.2 Å². The first-order valence-corrected chi connectivity index (χ1v) is 5.47. The number of hydrogen-bond acceptors (Lipinski definition) is 3. The van der Waals surface area contributed by atoms with Crippen molar-refractivity contribution < 1.29 is 8.78 Å². The summed E-state index contributed by atoms with van der Waals surface area (Å²) >= 11 is 5.58. The molecule has 0 bridgehead atoms. The molecule has 1 heterocycles. The third kappa shape index (κ3) is 3.89. The van der Waals surface area contributed by atoms with E-state index in [2.05, 4.69) is 9.97 Å². The number of halogens is 3. The zero-order chi connectivity index (χ0) is 12.1. The summed E-state index contributed by atoms with van der Waals surface area (Å²) in [5.74, 6) is 1.37. The molecule has 0 aliphatic rings. The van der Waals surface area contributed by atoms with Gasteiger partial charge in [0.25, 0.3) is 6.43 Å². The fourth-order valence-electron chi connectivity index (χ4n) is 1.43. The minimum atomic E-state index is -2.40. The van der Waals surface area contributed by atoms with Crippen LogP contribution in [0.4, 0.5) is 14.6 Å². The van der Waals surface area contributed by atoms with Crippen molar-refractivity contribution in [2.45, 2.75) is 20.3 Å². The van der Waals surface area contributed by atoms with Crippen LogP contribution in [-0.4, -0.2) is 35.4 Å². The maximum absolute atomic E-state index is 12.4. The molecule has 0 unspecified atom stereocenters. The highest BCUT2D eigenvalue weighted by Gasteiger charge is 2.14. The summed E-state index contributed by atoms with van der Waals surface area (Å²) in [6, 6.07) is 1.68. The van der Waals surface area contributed by atoms with Crippen molar-refractivity contribution in [1.29, 1.82) is 0 Å². The number of aryl methyl sites for hydroxylation is 2. The minimum absolute atomic E-state index is 0.287. The highest BCUT2D eigenvalue weighted by atomic mass is 35.5. The van der Waals surface area contributed by atoms with Crippen LogP contribution in [-0.2, 0) is 0 Å². The fourth-order valence-corrected chi connectivity index (χ4v) is 1.63. The van der Waals surface area contributed by atoms with Gasteiger partial charge < -0.3 is 4.90 Å². The van der Waals surface area contributed by atoms with Gasteiger partial charge in [-0.2, -0.15) is 0 Å². The molecule has 0 spiro atoms. The second kappa shape index (κ2) is 5.94. The first-order chi connectivity index (χ1) is 7.52. The zero-order valence-electron chi connectivity index (χ0n) is 9.25. The number of aromatic nitrogens is 2. The van der Waals surface area contributed by atoms with Crippen molar-refractivity contribution in [3.63, 3.8) is 0 Å². The molecule has 0 aliphatic carbocycles. The molecule has 0 saturated carbocycles. The summed E-state index contributed by atoms with van der Waals surface area (Å²) in [5.41, 5.74) is 0.760. The summed E-state index contributed by atoms with van der Waals surface area (Å²) < 4.78 is 24.7. The van der Waals surface area contributed by atoms with Gasteiger partial charge in [0.05, 0.1) is 6.54 Å². The Balaban J connectivity index is 2.90. The van der Waals surface area contributed by atoms with Gasteiger partial charge in [-0.15, -0.1) is 11.6 Å². The summed E-state index contributed by atoms with van der Waals surface area (Å²) in [5, 5.41) is 0. The van der Waals surface area contributed by atoms with Gasteiger partial charge in [-0.1, -0.05) is 0 Å². The topological polar surface area (TPSA) is 29.0 Å². The van der Waals surface area contributed by atoms with E-state index >= 15 is 0 Å². The molecule has 16 heavy (non-hydrogen) atoms. The van der Waals surface area contributed by atoms with Crippen LogP contribution in [0.1, 0.15) is 11.5 Å². The standard InChI is InChI=1S/C10H14ClF2N3/c1-7-5-10(15-8(2)14-7)16(4-3-11)6-9(12)13/h5,9H,3-4,6H2,1-2H3. The molecule has 1 rings (SSSR count). The van der Waals surface area contributed by atoms with Crippen LogP contribution in [0.3, 0.4) is 0 Å². The van der Waals surface area contributed by atoms with Crippen LogP contribution in [0, 0.1) is 13.8 Å². The van der Waals surface area contributed by atoms with Crippen LogP contribution in [0.5, 0.6) is 0 Å². The average Bonchev–Trinajstić information content (AvgIpc) is 2.14. The molecule has 0 aliphatic heterocycles. The number of rotatable bonds is 5. The monoisotopic (exact) mass is 249 g/mol. The van der Waals surface area contributed by atoms with Gasteiger partial charge in [-0.05, 0) is 13.8 Å². The van der Waals surface area contributed by atoms with Crippen LogP contribution < -0.4 is 4.90 Å². The molecular formula is C10H14ClF2N3. The van der Waals surface area contributed by atoms with Gasteiger partial charge in [-0.3, -0.25) is 0 Å². The molecule has 90 valence electrons. The quantitative estimate of drug-likeness (QED) is 0.751. The molecule has 6 heteroatoms. The normalized spacial score (nSPS) is 10.9. The lowest BCUT2D eigenvalue weighted by atomic mass is 10.3. The summed E-state index contributed by atoms with van der Waals surface area (Å²) in [7, 11) is 0. The second-order valence-electron chi connectivity index (χ2n) is 3.44. The second-order valence-corrected chi connectivity index (χ2v) is 3.82. The van der Waals surface area contributed by atoms with Crippen molar-refractivity contribution in [2.24, 2.45) is 0 Å². The van der Waals surface area contributed by atoms with Crippen molar-refractivity contribution in [3.8, 4) is 0 Å². The van der Waals surface area contributed by atoms with Crippen LogP contribution in [0.2, 0.25) is 0 Å². The Hall–Kier alpha value is -0.970. The molecule has 0 saturated heterocycles. The number of alkyl halides is 3. The Morgan fingerprint density at radius 1 is 1.38 bits per heavy atom. The van der Waals surface area contributed by atoms with E-state index in [1.165, 1.54) is 4.90 Å². The van der Waals surface area contributed by atoms with E-state index in [9.17, 15) is 8.78 Å². The van der Waals surface area contributed by atoms with Gasteiger partial charge >= 0.3 is 0 Å². The van der Waals surface area contributed by atoms with Gasteiger partial charge in [0.15, 0.2) is 0 Å². The van der Waals surface area contributed by atoms with Crippen LogP contribution in [0.25, 0.3) is 0 Å². The Morgan fingerprint density at radius 2 is 2.06 bits per heavy atom. The van der Waals surface area contributed by atoms with Gasteiger partial charge in [0, 0.05) is 24.2 Å². The van der Waals surface area contributed by atoms with E-state index in [1.54, 1.807) is 19.9 Å². The van der Waals surface area contributed by atoms with E-state index in [1.807, 2.05) is 0 Å². The Bertz CT molecular complexity index is 327. The molecule has 1 aromatic heterocycles. The van der Waals surface area contributed by atoms with E-state index in [0.717, 1.165) is 5.69 Å². The lowest BCUT2D eigenvalue weighted by Crippen LogP contribution is -2.31. The Morgan fingerprint density at radius 3 is 2.56 bits per heavy atom. The highest BCUT2D eigenvalue weighted by Crippen LogP contribution is 2.14. The molecule has 1 aromatic rings. The largest absolute Gasteiger partial charge is 0.350 e. The molecule has 0 aromatic carbocycles. The third-order valence-corrected chi connectivity index (χ3v) is 2.16. The first kappa shape index (κ1) is 13.1. The molecule has 0 fully saturated rings. The minimum Gasteiger partial charge on any atom is -0.350 e. The summed E-state index contributed by atoms with van der Waals surface area (Å²) in [4.78, 5) is 9.70. The number of nitrogens with zero attached hydrogens (tertiary/aromatic N) is 3. The maximum atomic E-state index is 12.4. The summed E-state index contributed by atoms with van der Waals surface area (Å²) in [6.45, 7) is 3.53. The van der Waals surface area contributed by atoms with Crippen LogP contribution in [0.15, 0.2) is 6.07 Å². The van der Waals surface area contributed by atoms with E-state index in [4.69, 9.17) is 11.6 Å². The first-order valence-electron chi connectivity index (χ1n) is 4.94. The lowest BCUT2D eigenvalue weighted by Gasteiger charge is -2.22. The fraction of sp³-hybridized carbons (Fsp3) is 0.600. The SMILES string of the molecule is Cc1cc(N(CCCl)CC(F)F)nc(C)n1. The highest BCUT2D eigenvalue weighted by molar-refractivity contribution is 6.18. The van der Waals surface area contributed by atoms with Gasteiger partial charge in [0.2, 0.25) is 0 Å². The van der Waals surface area contributed by atoms with Crippen molar-refractivity contribution in [3.05, 3.63) is 17.6 Å². The van der Waals surface area contributed by atoms with Gasteiger partial charge in [0.1, 0.15) is 11.6 Å². The average molecular weight is 250 g/mol. The smallest absolute Gasteiger partial charge is 0.255 e. The van der Waals surface area contributed by atoms with Gasteiger partial charge in [-0.25, -0.2) is 18.7 Å². The molecule has 3 nitrogen and oxygen atoms in total. The van der Waals surface area contributed by atoms with Crippen LogP contribution >= 0.6 is 11.6 Å². The van der Waals surface area contributed by atoms with Crippen molar-refractivity contribution in [2.75, 3.05) is 23.9 Å². The molecule has 0 N–H and O–H groups in total. The Labute approximate surface area is 98.5 Å². The predicted molar refractivity (Wildman–Crippen MR) is 60.4 cm³/mol. The number of hydrogen-bond donors (Lipinski definition) is 0. The number of anilines is 1. The molecule has 0 atom stereocenters. The lowest BCUT2D eigenvalue weighted by molar-refractivity contribution is 0.155. The van der Waals surface area contributed by atoms with Crippen molar-refractivity contribution >= 4 is 17.4 Å². The third-order valence-electron chi connectivity index (χ3n) is 1.99. The molecular weight excluding hydrogens is 236 g/mol. The molecule has 0 radical (unpaired) electrons. The Kier molecular flexibility index (Phi) is 4.86. The van der Waals surface area contributed by atoms with E-state index < -0.39 is 6.43 Å². The maximum Gasteiger partial charge on any atom is 0.255 e. The summed E-state index contributed by atoms with van der Waals surface area (Å²) in [6.07, 6.45) is -2.40. The zero-order valence-corrected chi connectivity index (χ0v) is 10.0. The predicted octanol–water partition coefficient (Wildman–Crippen LogP) is 2.40. The molecule has 0 amide bonds. The van der Waals surface area contributed by atoms with E-state index in [-0.39, 0.29) is 12.4 Å². The van der Waals surface area contributed by atoms with Crippen molar-refractivity contribution in [1.82, 2.24) is 9.97 Å².